The fourth-order valence-corrected chi connectivity index (χ4v) is 13.5. The molecule has 0 bridgehead atoms. The Labute approximate surface area is 295 Å². The number of aromatic nitrogens is 2. The summed E-state index contributed by atoms with van der Waals surface area (Å²) in [6.45, 7) is 17.4. The molecule has 15 atom stereocenters. The minimum Gasteiger partial charge on any atom is -0.465 e. The van der Waals surface area contributed by atoms with E-state index in [0.717, 1.165) is 56.2 Å². The zero-order valence-electron chi connectivity index (χ0n) is 30.6. The minimum absolute atomic E-state index is 0.000468. The molecular formula is C39H58N2O9. The van der Waals surface area contributed by atoms with E-state index in [1.807, 2.05) is 6.20 Å². The van der Waals surface area contributed by atoms with Gasteiger partial charge >= 0.3 is 11.9 Å². The van der Waals surface area contributed by atoms with Crippen LogP contribution in [0.25, 0.3) is 0 Å². The van der Waals surface area contributed by atoms with Gasteiger partial charge in [0.05, 0.1) is 18.2 Å². The van der Waals surface area contributed by atoms with Gasteiger partial charge in [0, 0.05) is 18.0 Å². The highest BCUT2D eigenvalue weighted by Gasteiger charge is 2.72. The predicted octanol–water partition coefficient (Wildman–Crippen LogP) is 3.97. The van der Waals surface area contributed by atoms with Crippen molar-refractivity contribution in [3.05, 3.63) is 29.6 Å². The lowest BCUT2D eigenvalue weighted by Gasteiger charge is -2.72. The van der Waals surface area contributed by atoms with Crippen LogP contribution in [0, 0.1) is 51.2 Å². The molecule has 2 heterocycles. The summed E-state index contributed by atoms with van der Waals surface area (Å²) in [4.78, 5) is 26.6. The highest BCUT2D eigenvalue weighted by Crippen LogP contribution is 2.77. The number of nitrogens with zero attached hydrogens (tertiary/aromatic N) is 1. The van der Waals surface area contributed by atoms with Crippen molar-refractivity contribution in [3.63, 3.8) is 0 Å². The van der Waals surface area contributed by atoms with Crippen LogP contribution >= 0.6 is 0 Å². The van der Waals surface area contributed by atoms with Crippen LogP contribution in [-0.4, -0.2) is 86.5 Å². The molecule has 6 aliphatic rings. The van der Waals surface area contributed by atoms with Gasteiger partial charge in [-0.3, -0.25) is 14.7 Å². The number of carbonyl (C=O) groups is 2. The summed E-state index contributed by atoms with van der Waals surface area (Å²) in [7, 11) is 0. The largest absolute Gasteiger partial charge is 0.465 e. The summed E-state index contributed by atoms with van der Waals surface area (Å²) < 4.78 is 17.4. The van der Waals surface area contributed by atoms with E-state index in [1.165, 1.54) is 12.5 Å². The molecule has 5 aliphatic carbocycles. The monoisotopic (exact) mass is 698 g/mol. The zero-order valence-corrected chi connectivity index (χ0v) is 30.6. The van der Waals surface area contributed by atoms with Crippen molar-refractivity contribution in [2.24, 2.45) is 51.2 Å². The van der Waals surface area contributed by atoms with Gasteiger partial charge in [-0.15, -0.1) is 0 Å². The number of aliphatic hydroxyl groups excluding tert-OH is 4. The fourth-order valence-electron chi connectivity index (χ4n) is 13.5. The molecule has 7 rings (SSSR count). The molecule has 0 radical (unpaired) electrons. The molecule has 4 saturated carbocycles. The van der Waals surface area contributed by atoms with Gasteiger partial charge in [0.1, 0.15) is 31.0 Å². The standard InChI is InChI=1S/C39H58N2O9/c1-20(2)23-10-13-39(34(47)50-33-31(46)30(45)29(44)25(18-42)49-33)15-14-37(6)24(28(23)39)8-9-27-35(4)16-22-17-40-41-32(22)36(5,19-48-21(3)43)26(35)11-12-38(27,37)7/h17,23-31,33,42,44-46H,1,8-16,18-19H2,2-7H3,(H,40,41)/t23-,24+,25+,26+,27+,28+,29+,30-,31+,33-,35-,36-,37+,38+,39-/m0/s1. The molecule has 5 fully saturated rings. The first kappa shape index (κ1) is 36.1. The molecule has 11 heteroatoms. The molecule has 0 spiro atoms. The Bertz CT molecular complexity index is 1530. The Morgan fingerprint density at radius 3 is 2.38 bits per heavy atom. The average Bonchev–Trinajstić information content (AvgIpc) is 3.70. The maximum Gasteiger partial charge on any atom is 0.314 e. The normalized spacial score (nSPS) is 49.4. The number of esters is 2. The number of fused-ring (bicyclic) bond motifs is 8. The lowest BCUT2D eigenvalue weighted by molar-refractivity contribution is -0.298. The van der Waals surface area contributed by atoms with Crippen LogP contribution in [0.4, 0.5) is 0 Å². The van der Waals surface area contributed by atoms with Crippen LogP contribution in [0.15, 0.2) is 18.3 Å². The van der Waals surface area contributed by atoms with Crippen molar-refractivity contribution < 1.29 is 44.2 Å². The molecule has 1 aliphatic heterocycles. The van der Waals surface area contributed by atoms with Gasteiger partial charge < -0.3 is 34.6 Å². The van der Waals surface area contributed by atoms with Gasteiger partial charge in [0.25, 0.3) is 0 Å². The minimum atomic E-state index is -1.64. The quantitative estimate of drug-likeness (QED) is 0.216. The van der Waals surface area contributed by atoms with Crippen molar-refractivity contribution in [3.8, 4) is 0 Å². The number of hydrogen-bond acceptors (Lipinski definition) is 10. The van der Waals surface area contributed by atoms with E-state index in [2.05, 4.69) is 51.4 Å². The SMILES string of the molecule is C=C(C)[C@@H]1CC[C@]2(C(=O)O[C@@H]3O[C@H](CO)[C@@H](O)[C@H](O)[C@H]3O)CC[C@]3(C)[C@H](CC[C@@H]4[C@@]5(C)Cc6cn[nH]c6[C@@](C)(COC(C)=O)[C@@H]5CC[C@]43C)[C@@H]12. The topological polar surface area (TPSA) is 171 Å². The highest BCUT2D eigenvalue weighted by atomic mass is 16.7. The van der Waals surface area contributed by atoms with E-state index < -0.39 is 48.7 Å². The molecule has 278 valence electrons. The third-order valence-corrected chi connectivity index (χ3v) is 16.0. The van der Waals surface area contributed by atoms with Gasteiger partial charge in [-0.1, -0.05) is 39.8 Å². The number of rotatable bonds is 6. The number of allylic oxidation sites excluding steroid dienone is 1. The summed E-state index contributed by atoms with van der Waals surface area (Å²) in [6.07, 6.45) is 2.48. The number of hydrogen-bond donors (Lipinski definition) is 5. The molecule has 1 aromatic rings. The molecule has 1 aromatic heterocycles. The Balaban J connectivity index is 1.22. The van der Waals surface area contributed by atoms with Crippen LogP contribution in [-0.2, 0) is 35.6 Å². The highest BCUT2D eigenvalue weighted by molar-refractivity contribution is 5.78. The Hall–Kier alpha value is -2.31. The molecule has 0 aromatic carbocycles. The van der Waals surface area contributed by atoms with Gasteiger partial charge in [-0.2, -0.15) is 5.10 Å². The molecular weight excluding hydrogens is 640 g/mol. The number of ether oxygens (including phenoxy) is 3. The van der Waals surface area contributed by atoms with E-state index >= 15 is 0 Å². The molecule has 1 saturated heterocycles. The van der Waals surface area contributed by atoms with Gasteiger partial charge in [-0.05, 0) is 116 Å². The smallest absolute Gasteiger partial charge is 0.314 e. The molecule has 0 unspecified atom stereocenters. The number of nitrogens with one attached hydrogen (secondary N) is 1. The summed E-state index contributed by atoms with van der Waals surface area (Å²) in [5.74, 6) is 0.392. The van der Waals surface area contributed by atoms with Crippen molar-refractivity contribution >= 4 is 11.9 Å². The molecule has 5 N–H and O–H groups in total. The van der Waals surface area contributed by atoms with Gasteiger partial charge in [0.2, 0.25) is 6.29 Å². The van der Waals surface area contributed by atoms with Crippen LogP contribution in [0.5, 0.6) is 0 Å². The summed E-state index contributed by atoms with van der Waals surface area (Å²) in [5, 5.41) is 49.0. The third kappa shape index (κ3) is 4.81. The first-order chi connectivity index (χ1) is 23.5. The van der Waals surface area contributed by atoms with Crippen LogP contribution < -0.4 is 0 Å². The molecule has 50 heavy (non-hydrogen) atoms. The van der Waals surface area contributed by atoms with Crippen LogP contribution in [0.1, 0.15) is 104 Å². The molecule has 0 amide bonds. The first-order valence-corrected chi connectivity index (χ1v) is 18.8. The summed E-state index contributed by atoms with van der Waals surface area (Å²) in [5.41, 5.74) is 2.08. The Morgan fingerprint density at radius 2 is 1.70 bits per heavy atom. The number of H-pyrrole nitrogens is 1. The fraction of sp³-hybridized carbons (Fsp3) is 0.821. The summed E-state index contributed by atoms with van der Waals surface area (Å²) in [6, 6.07) is 0. The van der Waals surface area contributed by atoms with Crippen molar-refractivity contribution in [1.29, 1.82) is 0 Å². The summed E-state index contributed by atoms with van der Waals surface area (Å²) >= 11 is 0. The van der Waals surface area contributed by atoms with Crippen LogP contribution in [0.2, 0.25) is 0 Å². The Morgan fingerprint density at radius 1 is 0.960 bits per heavy atom. The lowest BCUT2D eigenvalue weighted by Crippen LogP contribution is -2.67. The maximum atomic E-state index is 14.5. The van der Waals surface area contributed by atoms with Gasteiger partial charge in [0.15, 0.2) is 0 Å². The second-order valence-electron chi connectivity index (χ2n) is 18.1. The lowest BCUT2D eigenvalue weighted by atomic mass is 9.32. The Kier molecular flexibility index (Phi) is 8.74. The van der Waals surface area contributed by atoms with E-state index in [1.54, 1.807) is 0 Å². The average molecular weight is 699 g/mol. The number of carbonyl (C=O) groups excluding carboxylic acids is 2. The van der Waals surface area contributed by atoms with Crippen molar-refractivity contribution in [2.45, 2.75) is 135 Å². The second-order valence-corrected chi connectivity index (χ2v) is 18.1. The van der Waals surface area contributed by atoms with Crippen LogP contribution in [0.3, 0.4) is 0 Å². The van der Waals surface area contributed by atoms with E-state index in [-0.39, 0.29) is 45.4 Å². The van der Waals surface area contributed by atoms with Crippen molar-refractivity contribution in [1.82, 2.24) is 10.2 Å². The first-order valence-electron chi connectivity index (χ1n) is 18.8. The zero-order chi connectivity index (χ0) is 36.2. The maximum absolute atomic E-state index is 14.5. The number of aromatic amines is 1. The number of aliphatic hydroxyl groups is 4. The predicted molar refractivity (Wildman–Crippen MR) is 182 cm³/mol. The van der Waals surface area contributed by atoms with E-state index in [4.69, 9.17) is 14.2 Å². The van der Waals surface area contributed by atoms with Gasteiger partial charge in [-0.25, -0.2) is 0 Å². The van der Waals surface area contributed by atoms with E-state index in [9.17, 15) is 30.0 Å². The molecule has 11 nitrogen and oxygen atoms in total. The third-order valence-electron chi connectivity index (χ3n) is 16.0. The second kappa shape index (κ2) is 12.1. The van der Waals surface area contributed by atoms with E-state index in [0.29, 0.717) is 31.3 Å². The van der Waals surface area contributed by atoms with Crippen molar-refractivity contribution in [2.75, 3.05) is 13.2 Å².